The summed E-state index contributed by atoms with van der Waals surface area (Å²) in [5.74, 6) is 0.200. The van der Waals surface area contributed by atoms with Gasteiger partial charge in [0.05, 0.1) is 51.7 Å². The van der Waals surface area contributed by atoms with E-state index in [1.165, 1.54) is 5.19 Å². The number of likely N-dealkylation sites (N-methyl/N-ethyl adjacent to an activating group) is 1. The molecule has 9 nitrogen and oxygen atoms in total. The van der Waals surface area contributed by atoms with Crippen LogP contribution >= 0.6 is 0 Å². The van der Waals surface area contributed by atoms with E-state index in [1.807, 2.05) is 66.7 Å². The number of aliphatic hydroxyl groups is 1. The molecule has 1 N–H and O–H groups in total. The molecule has 10 heteroatoms. The predicted octanol–water partition coefficient (Wildman–Crippen LogP) is 5.83. The quantitative estimate of drug-likeness (QED) is 0.241. The summed E-state index contributed by atoms with van der Waals surface area (Å²) in [6.07, 6.45) is 1.16. The predicted molar refractivity (Wildman–Crippen MR) is 208 cm³/mol. The Morgan fingerprint density at radius 2 is 1.62 bits per heavy atom. The zero-order valence-corrected chi connectivity index (χ0v) is 32.0. The third-order valence-electron chi connectivity index (χ3n) is 12.6. The molecule has 4 heterocycles. The van der Waals surface area contributed by atoms with E-state index >= 15 is 0 Å². The maximum Gasteiger partial charge on any atom is 0.264 e. The molecule has 4 aromatic rings. The lowest BCUT2D eigenvalue weighted by atomic mass is 9.82. The van der Waals surface area contributed by atoms with Gasteiger partial charge in [0.25, 0.3) is 5.91 Å². The van der Waals surface area contributed by atoms with E-state index in [9.17, 15) is 19.5 Å². The molecule has 8 rings (SSSR count). The van der Waals surface area contributed by atoms with Crippen LogP contribution < -0.4 is 19.7 Å². The van der Waals surface area contributed by atoms with Gasteiger partial charge >= 0.3 is 0 Å². The van der Waals surface area contributed by atoms with Crippen LogP contribution in [0.25, 0.3) is 0 Å². The normalized spacial score (nSPS) is 25.1. The van der Waals surface area contributed by atoms with Gasteiger partial charge in [-0.15, -0.1) is 0 Å². The molecule has 1 spiro atoms. The maximum absolute atomic E-state index is 14.8. The summed E-state index contributed by atoms with van der Waals surface area (Å²) < 4.78 is 12.7. The van der Waals surface area contributed by atoms with Crippen LogP contribution in [0.15, 0.2) is 91.0 Å². The number of para-hydroxylation sites is 1. The van der Waals surface area contributed by atoms with Gasteiger partial charge < -0.3 is 24.4 Å². The second kappa shape index (κ2) is 13.3. The van der Waals surface area contributed by atoms with Crippen molar-refractivity contribution in [3.63, 3.8) is 0 Å². The highest BCUT2D eigenvalue weighted by atomic mass is 28.3. The molecule has 4 aliphatic heterocycles. The summed E-state index contributed by atoms with van der Waals surface area (Å²) in [5.41, 5.74) is 4.84. The summed E-state index contributed by atoms with van der Waals surface area (Å²) in [6.45, 7) is 6.98. The SMILES string of the molecule is COc1ccc([Si](C)(C)[C@@H]2[C@@H](CC(=O)N3Cc4ccccc4C[C@H]3CO)O[C@]3(C(=O)N(C)c4ccc(N5C(=O)CCc6ccccc65)cc43)[C@H]2C)cc1. The van der Waals surface area contributed by atoms with Gasteiger partial charge in [0.15, 0.2) is 5.60 Å². The number of aliphatic hydroxyl groups excluding tert-OH is 1. The molecule has 274 valence electrons. The zero-order chi connectivity index (χ0) is 37.2. The van der Waals surface area contributed by atoms with Crippen molar-refractivity contribution < 1.29 is 29.0 Å². The molecule has 5 atom stereocenters. The summed E-state index contributed by atoms with van der Waals surface area (Å²) >= 11 is 0. The molecular weight excluding hydrogens is 683 g/mol. The Bertz CT molecular complexity index is 2100. The Balaban J connectivity index is 1.22. The third-order valence-corrected chi connectivity index (χ3v) is 16.9. The summed E-state index contributed by atoms with van der Waals surface area (Å²) in [5, 5.41) is 11.6. The molecule has 0 radical (unpaired) electrons. The van der Waals surface area contributed by atoms with Gasteiger partial charge in [-0.1, -0.05) is 79.8 Å². The fourth-order valence-electron chi connectivity index (χ4n) is 9.79. The molecule has 1 saturated heterocycles. The average molecular weight is 730 g/mol. The number of benzene rings is 4. The van der Waals surface area contributed by atoms with Crippen molar-refractivity contribution in [1.82, 2.24) is 4.90 Å². The van der Waals surface area contributed by atoms with E-state index in [1.54, 1.807) is 28.9 Å². The summed E-state index contributed by atoms with van der Waals surface area (Å²) in [6, 6.07) is 29.7. The smallest absolute Gasteiger partial charge is 0.264 e. The van der Waals surface area contributed by atoms with Crippen molar-refractivity contribution in [1.29, 1.82) is 0 Å². The molecule has 53 heavy (non-hydrogen) atoms. The van der Waals surface area contributed by atoms with Crippen LogP contribution in [0, 0.1) is 5.92 Å². The molecule has 4 aliphatic rings. The molecule has 3 amide bonds. The van der Waals surface area contributed by atoms with Crippen LogP contribution in [-0.2, 0) is 44.1 Å². The van der Waals surface area contributed by atoms with Gasteiger partial charge in [0.1, 0.15) is 5.75 Å². The van der Waals surface area contributed by atoms with Crippen molar-refractivity contribution in [2.24, 2.45) is 5.92 Å². The van der Waals surface area contributed by atoms with Crippen LogP contribution in [0.1, 0.15) is 42.0 Å². The number of rotatable bonds is 7. The van der Waals surface area contributed by atoms with Crippen LogP contribution in [0.2, 0.25) is 18.6 Å². The Morgan fingerprint density at radius 1 is 0.925 bits per heavy atom. The number of hydrogen-bond donors (Lipinski definition) is 1. The number of ether oxygens (including phenoxy) is 2. The number of anilines is 3. The van der Waals surface area contributed by atoms with E-state index in [0.717, 1.165) is 39.4 Å². The minimum Gasteiger partial charge on any atom is -0.497 e. The first-order chi connectivity index (χ1) is 25.5. The highest BCUT2D eigenvalue weighted by Crippen LogP contribution is 2.60. The average Bonchev–Trinajstić information content (AvgIpc) is 3.59. The van der Waals surface area contributed by atoms with E-state index in [2.05, 4.69) is 44.3 Å². The molecule has 0 aromatic heterocycles. The van der Waals surface area contributed by atoms with Gasteiger partial charge in [-0.05, 0) is 71.5 Å². The first kappa shape index (κ1) is 35.3. The Labute approximate surface area is 312 Å². The number of aryl methyl sites for hydroxylation is 1. The Hall–Kier alpha value is -4.77. The second-order valence-corrected chi connectivity index (χ2v) is 20.3. The number of fused-ring (bicyclic) bond motifs is 4. The lowest BCUT2D eigenvalue weighted by molar-refractivity contribution is -0.150. The van der Waals surface area contributed by atoms with Crippen LogP contribution in [0.5, 0.6) is 5.75 Å². The van der Waals surface area contributed by atoms with Crippen LogP contribution in [0.3, 0.4) is 0 Å². The number of nitrogens with zero attached hydrogens (tertiary/aromatic N) is 3. The van der Waals surface area contributed by atoms with E-state index in [0.29, 0.717) is 31.5 Å². The second-order valence-electron chi connectivity index (χ2n) is 15.6. The monoisotopic (exact) mass is 729 g/mol. The number of carbonyl (C=O) groups is 3. The van der Waals surface area contributed by atoms with Gasteiger partial charge in [-0.25, -0.2) is 0 Å². The van der Waals surface area contributed by atoms with E-state index < -0.39 is 19.8 Å². The van der Waals surface area contributed by atoms with Crippen LogP contribution in [0.4, 0.5) is 17.1 Å². The Morgan fingerprint density at radius 3 is 2.34 bits per heavy atom. The van der Waals surface area contributed by atoms with Gasteiger partial charge in [0.2, 0.25) is 11.8 Å². The summed E-state index contributed by atoms with van der Waals surface area (Å²) in [7, 11) is 0.918. The van der Waals surface area contributed by atoms with E-state index in [4.69, 9.17) is 9.47 Å². The molecular formula is C43H47N3O6Si. The molecule has 0 unspecified atom stereocenters. The van der Waals surface area contributed by atoms with Crippen molar-refractivity contribution in [2.75, 3.05) is 30.6 Å². The molecule has 0 saturated carbocycles. The molecule has 0 aliphatic carbocycles. The standard InChI is InChI=1S/C43H47N3O6Si/c1-27-41(53(4,5)34-18-16-33(51-3)17-19-34)38(24-40(49)45-25-30-12-7-6-11-29(30)22-32(45)26-47)52-43(27)35-23-31(15-20-37(35)44(2)42(43)50)46-36-13-9-8-10-28(36)14-21-39(46)48/h6-13,15-20,23,27,32,38,41,47H,14,21-22,24-26H2,1-5H3/t27-,32-,38+,41-,43+/m0/s1. The fraction of sp³-hybridized carbons (Fsp3) is 0.372. The molecule has 4 aromatic carbocycles. The highest BCUT2D eigenvalue weighted by molar-refractivity contribution is 6.91. The first-order valence-electron chi connectivity index (χ1n) is 18.6. The topological polar surface area (TPSA) is 99.6 Å². The maximum atomic E-state index is 14.8. The first-order valence-corrected chi connectivity index (χ1v) is 21.7. The minimum absolute atomic E-state index is 0.00621. The van der Waals surface area contributed by atoms with Gasteiger partial charge in [0, 0.05) is 37.2 Å². The van der Waals surface area contributed by atoms with Crippen molar-refractivity contribution in [3.8, 4) is 5.75 Å². The third kappa shape index (κ3) is 5.53. The van der Waals surface area contributed by atoms with Crippen LogP contribution in [-0.4, -0.2) is 68.7 Å². The number of hydrogen-bond acceptors (Lipinski definition) is 6. The van der Waals surface area contributed by atoms with E-state index in [-0.39, 0.29) is 48.3 Å². The number of methoxy groups -OCH3 is 1. The number of carbonyl (C=O) groups excluding carboxylic acids is 3. The van der Waals surface area contributed by atoms with Crippen molar-refractivity contribution in [2.45, 2.75) is 75.5 Å². The van der Waals surface area contributed by atoms with Gasteiger partial charge in [-0.3, -0.25) is 19.3 Å². The fourth-order valence-corrected chi connectivity index (χ4v) is 13.8. The van der Waals surface area contributed by atoms with Gasteiger partial charge in [-0.2, -0.15) is 0 Å². The molecule has 0 bridgehead atoms. The lowest BCUT2D eigenvalue weighted by Crippen LogP contribution is -2.52. The highest BCUT2D eigenvalue weighted by Gasteiger charge is 2.66. The zero-order valence-electron chi connectivity index (χ0n) is 31.0. The molecule has 1 fully saturated rings. The Kier molecular flexibility index (Phi) is 8.83. The largest absolute Gasteiger partial charge is 0.497 e. The van der Waals surface area contributed by atoms with Crippen molar-refractivity contribution >= 4 is 48.0 Å². The number of amides is 3. The lowest BCUT2D eigenvalue weighted by Gasteiger charge is -2.39. The summed E-state index contributed by atoms with van der Waals surface area (Å²) in [4.78, 5) is 48.1. The van der Waals surface area contributed by atoms with Crippen molar-refractivity contribution in [3.05, 3.63) is 113 Å². The minimum atomic E-state index is -2.51.